The van der Waals surface area contributed by atoms with Crippen molar-refractivity contribution in [2.24, 2.45) is 0 Å². The number of nitrogens with one attached hydrogen (secondary N) is 1. The lowest BCUT2D eigenvalue weighted by molar-refractivity contribution is 0.469. The molecule has 0 aliphatic heterocycles. The molecule has 1 aliphatic carbocycles. The first kappa shape index (κ1) is 13.0. The Labute approximate surface area is 128 Å². The van der Waals surface area contributed by atoms with Crippen LogP contribution >= 0.6 is 0 Å². The summed E-state index contributed by atoms with van der Waals surface area (Å²) < 4.78 is 5.93. The molecule has 1 aliphatic rings. The van der Waals surface area contributed by atoms with E-state index >= 15 is 0 Å². The van der Waals surface area contributed by atoms with Crippen LogP contribution in [0.15, 0.2) is 54.7 Å². The minimum Gasteiger partial charge on any atom is -0.438 e. The Morgan fingerprint density at radius 3 is 2.64 bits per heavy atom. The van der Waals surface area contributed by atoms with Crippen molar-refractivity contribution in [3.63, 3.8) is 0 Å². The number of nitrogen functional groups attached to an aromatic ring is 1. The summed E-state index contributed by atoms with van der Waals surface area (Å²) in [5.74, 6) is 1.34. The van der Waals surface area contributed by atoms with E-state index in [-0.39, 0.29) is 0 Å². The van der Waals surface area contributed by atoms with Crippen LogP contribution in [0.2, 0.25) is 0 Å². The van der Waals surface area contributed by atoms with Crippen LogP contribution < -0.4 is 15.8 Å². The first-order chi connectivity index (χ1) is 10.8. The molecule has 0 saturated heterocycles. The Kier molecular flexibility index (Phi) is 3.07. The second kappa shape index (κ2) is 5.22. The van der Waals surface area contributed by atoms with E-state index in [1.807, 2.05) is 30.3 Å². The van der Waals surface area contributed by atoms with Crippen LogP contribution in [0.25, 0.3) is 10.8 Å². The van der Waals surface area contributed by atoms with Gasteiger partial charge >= 0.3 is 0 Å². The van der Waals surface area contributed by atoms with Crippen LogP contribution in [0.4, 0.5) is 11.4 Å². The average Bonchev–Trinajstić information content (AvgIpc) is 3.34. The van der Waals surface area contributed by atoms with E-state index in [9.17, 15) is 0 Å². The highest BCUT2D eigenvalue weighted by Crippen LogP contribution is 2.32. The maximum atomic E-state index is 5.93. The molecule has 0 bridgehead atoms. The van der Waals surface area contributed by atoms with Gasteiger partial charge in [-0.3, -0.25) is 0 Å². The fourth-order valence-electron chi connectivity index (χ4n) is 2.42. The molecule has 4 nitrogen and oxygen atoms in total. The number of fused-ring (bicyclic) bond motifs is 1. The van der Waals surface area contributed by atoms with Gasteiger partial charge in [-0.05, 0) is 60.7 Å². The van der Waals surface area contributed by atoms with Gasteiger partial charge in [0.2, 0.25) is 5.88 Å². The van der Waals surface area contributed by atoms with Crippen molar-refractivity contribution in [2.75, 3.05) is 11.1 Å². The van der Waals surface area contributed by atoms with Crippen LogP contribution in [0.3, 0.4) is 0 Å². The summed E-state index contributed by atoms with van der Waals surface area (Å²) >= 11 is 0. The van der Waals surface area contributed by atoms with E-state index in [1.54, 1.807) is 6.20 Å². The summed E-state index contributed by atoms with van der Waals surface area (Å²) in [7, 11) is 0. The number of hydrogen-bond donors (Lipinski definition) is 2. The zero-order valence-electron chi connectivity index (χ0n) is 12.1. The summed E-state index contributed by atoms with van der Waals surface area (Å²) in [6, 6.07) is 16.3. The lowest BCUT2D eigenvalue weighted by Gasteiger charge is -2.10. The molecule has 0 amide bonds. The summed E-state index contributed by atoms with van der Waals surface area (Å²) in [5.41, 5.74) is 7.54. The van der Waals surface area contributed by atoms with Crippen LogP contribution in [-0.4, -0.2) is 11.0 Å². The summed E-state index contributed by atoms with van der Waals surface area (Å²) in [5, 5.41) is 5.62. The second-order valence-electron chi connectivity index (χ2n) is 5.64. The smallest absolute Gasteiger partial charge is 0.227 e. The molecule has 1 aromatic heterocycles. The van der Waals surface area contributed by atoms with Crippen LogP contribution in [-0.2, 0) is 0 Å². The third-order valence-corrected chi connectivity index (χ3v) is 3.77. The Morgan fingerprint density at radius 1 is 1.05 bits per heavy atom. The number of nitrogens with zero attached hydrogens (tertiary/aromatic N) is 1. The fraction of sp³-hybridized carbons (Fsp3) is 0.167. The quantitative estimate of drug-likeness (QED) is 0.708. The number of benzene rings is 2. The first-order valence-corrected chi connectivity index (χ1v) is 7.47. The van der Waals surface area contributed by atoms with E-state index in [2.05, 4.69) is 28.5 Å². The lowest BCUT2D eigenvalue weighted by atomic mass is 10.1. The Bertz CT molecular complexity index is 810. The van der Waals surface area contributed by atoms with E-state index in [0.717, 1.165) is 22.2 Å². The number of ether oxygens (including phenoxy) is 1. The molecular weight excluding hydrogens is 274 g/mol. The van der Waals surface area contributed by atoms with Gasteiger partial charge in [0.1, 0.15) is 5.75 Å². The van der Waals surface area contributed by atoms with Gasteiger partial charge < -0.3 is 15.8 Å². The largest absolute Gasteiger partial charge is 0.438 e. The highest BCUT2D eigenvalue weighted by molar-refractivity contribution is 5.89. The third-order valence-electron chi connectivity index (χ3n) is 3.77. The molecule has 3 N–H and O–H groups in total. The van der Waals surface area contributed by atoms with Crippen molar-refractivity contribution >= 4 is 22.1 Å². The van der Waals surface area contributed by atoms with Crippen molar-refractivity contribution in [1.82, 2.24) is 4.98 Å². The lowest BCUT2D eigenvalue weighted by Crippen LogP contribution is -2.00. The summed E-state index contributed by atoms with van der Waals surface area (Å²) in [4.78, 5) is 4.38. The number of hydrogen-bond acceptors (Lipinski definition) is 4. The van der Waals surface area contributed by atoms with E-state index in [0.29, 0.717) is 17.6 Å². The topological polar surface area (TPSA) is 60.2 Å². The molecule has 1 saturated carbocycles. The molecule has 0 atom stereocenters. The molecule has 0 unspecified atom stereocenters. The SMILES string of the molecule is Nc1ccc(Oc2nccc3ccc(NC4CC4)cc23)cc1. The predicted octanol–water partition coefficient (Wildman–Crippen LogP) is 4.18. The highest BCUT2D eigenvalue weighted by atomic mass is 16.5. The predicted molar refractivity (Wildman–Crippen MR) is 89.3 cm³/mol. The normalized spacial score (nSPS) is 14.0. The molecule has 4 rings (SSSR count). The molecule has 110 valence electrons. The minimum absolute atomic E-state index is 0.613. The van der Waals surface area contributed by atoms with Gasteiger partial charge in [-0.25, -0.2) is 4.98 Å². The standard InChI is InChI=1S/C18H17N3O/c19-13-2-7-16(8-3-13)22-18-17-11-15(21-14-5-6-14)4-1-12(17)9-10-20-18/h1-4,7-11,14,21H,5-6,19H2. The van der Waals surface area contributed by atoms with Gasteiger partial charge in [-0.1, -0.05) is 6.07 Å². The Balaban J connectivity index is 1.70. The molecule has 1 heterocycles. The van der Waals surface area contributed by atoms with Crippen LogP contribution in [0.5, 0.6) is 11.6 Å². The zero-order chi connectivity index (χ0) is 14.9. The molecule has 1 fully saturated rings. The molecular formula is C18H17N3O. The molecule has 4 heteroatoms. The molecule has 2 aromatic carbocycles. The monoisotopic (exact) mass is 291 g/mol. The third kappa shape index (κ3) is 2.68. The van der Waals surface area contributed by atoms with E-state index in [4.69, 9.17) is 10.5 Å². The van der Waals surface area contributed by atoms with Gasteiger partial charge in [-0.15, -0.1) is 0 Å². The van der Waals surface area contributed by atoms with Crippen molar-refractivity contribution in [1.29, 1.82) is 0 Å². The zero-order valence-corrected chi connectivity index (χ0v) is 12.1. The van der Waals surface area contributed by atoms with Gasteiger partial charge in [0, 0.05) is 29.0 Å². The number of aromatic nitrogens is 1. The Hall–Kier alpha value is -2.75. The summed E-state index contributed by atoms with van der Waals surface area (Å²) in [6.07, 6.45) is 4.27. The van der Waals surface area contributed by atoms with E-state index in [1.165, 1.54) is 12.8 Å². The van der Waals surface area contributed by atoms with Crippen molar-refractivity contribution < 1.29 is 4.74 Å². The van der Waals surface area contributed by atoms with Gasteiger partial charge in [0.25, 0.3) is 0 Å². The van der Waals surface area contributed by atoms with Crippen LogP contribution in [0, 0.1) is 0 Å². The van der Waals surface area contributed by atoms with Crippen molar-refractivity contribution in [2.45, 2.75) is 18.9 Å². The maximum absolute atomic E-state index is 5.93. The molecule has 3 aromatic rings. The molecule has 0 spiro atoms. The number of pyridine rings is 1. The molecule has 0 radical (unpaired) electrons. The van der Waals surface area contributed by atoms with E-state index < -0.39 is 0 Å². The van der Waals surface area contributed by atoms with Crippen molar-refractivity contribution in [3.05, 3.63) is 54.7 Å². The van der Waals surface area contributed by atoms with Crippen molar-refractivity contribution in [3.8, 4) is 11.6 Å². The van der Waals surface area contributed by atoms with Gasteiger partial charge in [0.05, 0.1) is 0 Å². The summed E-state index contributed by atoms with van der Waals surface area (Å²) in [6.45, 7) is 0. The fourth-order valence-corrected chi connectivity index (χ4v) is 2.42. The average molecular weight is 291 g/mol. The minimum atomic E-state index is 0.613. The second-order valence-corrected chi connectivity index (χ2v) is 5.64. The first-order valence-electron chi connectivity index (χ1n) is 7.47. The highest BCUT2D eigenvalue weighted by Gasteiger charge is 2.20. The molecule has 22 heavy (non-hydrogen) atoms. The van der Waals surface area contributed by atoms with Gasteiger partial charge in [0.15, 0.2) is 0 Å². The maximum Gasteiger partial charge on any atom is 0.227 e. The van der Waals surface area contributed by atoms with Gasteiger partial charge in [-0.2, -0.15) is 0 Å². The van der Waals surface area contributed by atoms with Crippen LogP contribution in [0.1, 0.15) is 12.8 Å². The number of anilines is 2. The number of rotatable bonds is 4. The number of nitrogens with two attached hydrogens (primary N) is 1. The Morgan fingerprint density at radius 2 is 1.86 bits per heavy atom.